The lowest BCUT2D eigenvalue weighted by Crippen LogP contribution is -2.42. The average molecular weight is 284 g/mol. The van der Waals surface area contributed by atoms with Crippen LogP contribution in [0.1, 0.15) is 51.9 Å². The standard InChI is InChI=1S/C14H24N2O4/c1-2-3-10(4-7-13(18)19)8-9-15-14(20)11-5-6-12(17)16-11/h10-11H,2-9H2,1H3,(H,15,20)(H,16,17)(H,18,19)/t10?,11-/m1/s1. The second-order valence-electron chi connectivity index (χ2n) is 5.33. The molecule has 0 aromatic heterocycles. The van der Waals surface area contributed by atoms with Crippen LogP contribution in [0.3, 0.4) is 0 Å². The first kappa shape index (κ1) is 16.5. The van der Waals surface area contributed by atoms with Gasteiger partial charge in [0.25, 0.3) is 0 Å². The van der Waals surface area contributed by atoms with Crippen LogP contribution in [0.4, 0.5) is 0 Å². The molecule has 0 aliphatic carbocycles. The summed E-state index contributed by atoms with van der Waals surface area (Å²) in [4.78, 5) is 33.4. The molecule has 0 saturated carbocycles. The Balaban J connectivity index is 2.23. The van der Waals surface area contributed by atoms with Gasteiger partial charge in [0, 0.05) is 19.4 Å². The van der Waals surface area contributed by atoms with Crippen molar-refractivity contribution in [1.29, 1.82) is 0 Å². The first-order valence-corrected chi connectivity index (χ1v) is 7.31. The monoisotopic (exact) mass is 284 g/mol. The van der Waals surface area contributed by atoms with Gasteiger partial charge in [0.2, 0.25) is 11.8 Å². The summed E-state index contributed by atoms with van der Waals surface area (Å²) in [7, 11) is 0. The number of rotatable bonds is 9. The zero-order chi connectivity index (χ0) is 15.0. The molecule has 2 amide bonds. The predicted molar refractivity (Wildman–Crippen MR) is 74.1 cm³/mol. The van der Waals surface area contributed by atoms with Gasteiger partial charge in [0.05, 0.1) is 0 Å². The molecule has 0 aromatic rings. The molecule has 0 aromatic carbocycles. The molecule has 0 bridgehead atoms. The Hall–Kier alpha value is -1.59. The molecule has 3 N–H and O–H groups in total. The van der Waals surface area contributed by atoms with Crippen LogP contribution in [0.25, 0.3) is 0 Å². The number of aliphatic carboxylic acids is 1. The third kappa shape index (κ3) is 6.04. The summed E-state index contributed by atoms with van der Waals surface area (Å²) in [6.45, 7) is 2.61. The molecule has 6 heteroatoms. The van der Waals surface area contributed by atoms with Crippen molar-refractivity contribution in [2.75, 3.05) is 6.54 Å². The van der Waals surface area contributed by atoms with E-state index in [2.05, 4.69) is 17.6 Å². The number of carbonyl (C=O) groups excluding carboxylic acids is 2. The van der Waals surface area contributed by atoms with Crippen LogP contribution in [0.5, 0.6) is 0 Å². The maximum Gasteiger partial charge on any atom is 0.303 e. The Morgan fingerprint density at radius 2 is 2.15 bits per heavy atom. The van der Waals surface area contributed by atoms with Gasteiger partial charge in [-0.2, -0.15) is 0 Å². The van der Waals surface area contributed by atoms with E-state index in [1.54, 1.807) is 0 Å². The molecule has 0 radical (unpaired) electrons. The van der Waals surface area contributed by atoms with E-state index in [-0.39, 0.29) is 18.2 Å². The first-order chi connectivity index (χ1) is 9.52. The third-order valence-electron chi connectivity index (χ3n) is 3.63. The summed E-state index contributed by atoms with van der Waals surface area (Å²) >= 11 is 0. The molecular weight excluding hydrogens is 260 g/mol. The van der Waals surface area contributed by atoms with E-state index in [1.807, 2.05) is 0 Å². The summed E-state index contributed by atoms with van der Waals surface area (Å²) in [6, 6.07) is -0.397. The molecule has 1 saturated heterocycles. The minimum atomic E-state index is -0.774. The molecule has 6 nitrogen and oxygen atoms in total. The molecular formula is C14H24N2O4. The van der Waals surface area contributed by atoms with Gasteiger partial charge in [-0.3, -0.25) is 14.4 Å². The molecule has 1 fully saturated rings. The van der Waals surface area contributed by atoms with Crippen LogP contribution in [-0.2, 0) is 14.4 Å². The number of carbonyl (C=O) groups is 3. The van der Waals surface area contributed by atoms with Crippen molar-refractivity contribution in [3.05, 3.63) is 0 Å². The number of nitrogens with one attached hydrogen (secondary N) is 2. The molecule has 1 rings (SSSR count). The van der Waals surface area contributed by atoms with Crippen molar-refractivity contribution in [1.82, 2.24) is 10.6 Å². The van der Waals surface area contributed by atoms with E-state index < -0.39 is 12.0 Å². The lowest BCUT2D eigenvalue weighted by Gasteiger charge is -2.16. The van der Waals surface area contributed by atoms with Gasteiger partial charge in [-0.1, -0.05) is 19.8 Å². The summed E-state index contributed by atoms with van der Waals surface area (Å²) < 4.78 is 0. The van der Waals surface area contributed by atoms with Crippen molar-refractivity contribution in [2.24, 2.45) is 5.92 Å². The number of hydrogen-bond donors (Lipinski definition) is 3. The van der Waals surface area contributed by atoms with E-state index >= 15 is 0 Å². The average Bonchev–Trinajstić information content (AvgIpc) is 2.82. The van der Waals surface area contributed by atoms with Gasteiger partial charge < -0.3 is 15.7 Å². The first-order valence-electron chi connectivity index (χ1n) is 7.31. The maximum absolute atomic E-state index is 11.8. The quantitative estimate of drug-likeness (QED) is 0.590. The van der Waals surface area contributed by atoms with Crippen LogP contribution in [0.15, 0.2) is 0 Å². The lowest BCUT2D eigenvalue weighted by molar-refractivity contribution is -0.137. The van der Waals surface area contributed by atoms with Crippen molar-refractivity contribution >= 4 is 17.8 Å². The van der Waals surface area contributed by atoms with E-state index in [0.717, 1.165) is 19.3 Å². The zero-order valence-corrected chi connectivity index (χ0v) is 12.0. The number of amides is 2. The zero-order valence-electron chi connectivity index (χ0n) is 12.0. The molecule has 114 valence electrons. The van der Waals surface area contributed by atoms with Gasteiger partial charge in [-0.15, -0.1) is 0 Å². The fourth-order valence-corrected chi connectivity index (χ4v) is 2.50. The highest BCUT2D eigenvalue weighted by Crippen LogP contribution is 2.17. The Bertz CT molecular complexity index is 357. The summed E-state index contributed by atoms with van der Waals surface area (Å²) in [5.41, 5.74) is 0. The van der Waals surface area contributed by atoms with Crippen LogP contribution < -0.4 is 10.6 Å². The fourth-order valence-electron chi connectivity index (χ4n) is 2.50. The molecule has 20 heavy (non-hydrogen) atoms. The molecule has 1 aliphatic heterocycles. The Morgan fingerprint density at radius 3 is 2.70 bits per heavy atom. The molecule has 2 atom stereocenters. The van der Waals surface area contributed by atoms with Crippen LogP contribution in [-0.4, -0.2) is 35.5 Å². The van der Waals surface area contributed by atoms with Crippen molar-refractivity contribution in [3.8, 4) is 0 Å². The third-order valence-corrected chi connectivity index (χ3v) is 3.63. The highest BCUT2D eigenvalue weighted by Gasteiger charge is 2.26. The van der Waals surface area contributed by atoms with Gasteiger partial charge in [-0.25, -0.2) is 0 Å². The van der Waals surface area contributed by atoms with Crippen LogP contribution in [0.2, 0.25) is 0 Å². The van der Waals surface area contributed by atoms with E-state index in [9.17, 15) is 14.4 Å². The Labute approximate surface area is 119 Å². The topological polar surface area (TPSA) is 95.5 Å². The summed E-state index contributed by atoms with van der Waals surface area (Å²) in [5.74, 6) is -0.654. The van der Waals surface area contributed by atoms with Crippen LogP contribution in [0, 0.1) is 5.92 Å². The Morgan fingerprint density at radius 1 is 1.40 bits per heavy atom. The largest absolute Gasteiger partial charge is 0.481 e. The smallest absolute Gasteiger partial charge is 0.303 e. The van der Waals surface area contributed by atoms with E-state index in [0.29, 0.717) is 31.7 Å². The molecule has 1 unspecified atom stereocenters. The fraction of sp³-hybridized carbons (Fsp3) is 0.786. The summed E-state index contributed by atoms with van der Waals surface area (Å²) in [5, 5.41) is 14.2. The molecule has 0 spiro atoms. The predicted octanol–water partition coefficient (Wildman–Crippen LogP) is 1.05. The highest BCUT2D eigenvalue weighted by molar-refractivity contribution is 5.90. The van der Waals surface area contributed by atoms with Crippen LogP contribution >= 0.6 is 0 Å². The molecule has 1 heterocycles. The number of carboxylic acids is 1. The summed E-state index contributed by atoms with van der Waals surface area (Å²) in [6.07, 6.45) is 4.57. The minimum Gasteiger partial charge on any atom is -0.481 e. The molecule has 1 aliphatic rings. The van der Waals surface area contributed by atoms with Crippen molar-refractivity contribution in [2.45, 2.75) is 57.9 Å². The Kier molecular flexibility index (Phi) is 7.04. The maximum atomic E-state index is 11.8. The second-order valence-corrected chi connectivity index (χ2v) is 5.33. The highest BCUT2D eigenvalue weighted by atomic mass is 16.4. The SMILES string of the molecule is CCCC(CCNC(=O)[C@H]1CCC(=O)N1)CCC(=O)O. The number of hydrogen-bond acceptors (Lipinski definition) is 3. The van der Waals surface area contributed by atoms with E-state index in [4.69, 9.17) is 5.11 Å². The van der Waals surface area contributed by atoms with Crippen molar-refractivity contribution in [3.63, 3.8) is 0 Å². The van der Waals surface area contributed by atoms with Gasteiger partial charge in [0.15, 0.2) is 0 Å². The van der Waals surface area contributed by atoms with Gasteiger partial charge >= 0.3 is 5.97 Å². The minimum absolute atomic E-state index is 0.0736. The normalized spacial score (nSPS) is 19.4. The van der Waals surface area contributed by atoms with Gasteiger partial charge in [-0.05, 0) is 25.2 Å². The van der Waals surface area contributed by atoms with Crippen molar-refractivity contribution < 1.29 is 19.5 Å². The lowest BCUT2D eigenvalue weighted by atomic mass is 9.94. The second kappa shape index (κ2) is 8.55. The van der Waals surface area contributed by atoms with E-state index in [1.165, 1.54) is 0 Å². The number of carboxylic acid groups (broad SMARTS) is 1. The van der Waals surface area contributed by atoms with Gasteiger partial charge in [0.1, 0.15) is 6.04 Å².